The van der Waals surface area contributed by atoms with Crippen molar-refractivity contribution in [3.05, 3.63) is 22.8 Å². The van der Waals surface area contributed by atoms with Crippen LogP contribution in [0, 0.1) is 0 Å². The molecule has 1 aromatic rings. The number of rotatable bonds is 3. The highest BCUT2D eigenvalue weighted by Gasteiger charge is 2.20. The molecule has 1 saturated heterocycles. The van der Waals surface area contributed by atoms with Crippen molar-refractivity contribution >= 4 is 27.7 Å². The molecule has 0 bridgehead atoms. The van der Waals surface area contributed by atoms with Crippen LogP contribution >= 0.6 is 15.9 Å². The summed E-state index contributed by atoms with van der Waals surface area (Å²) in [5, 5.41) is 6.10. The van der Waals surface area contributed by atoms with Crippen molar-refractivity contribution < 1.29 is 4.79 Å². The van der Waals surface area contributed by atoms with Gasteiger partial charge >= 0.3 is 0 Å². The summed E-state index contributed by atoms with van der Waals surface area (Å²) >= 11 is 3.41. The zero-order valence-electron chi connectivity index (χ0n) is 8.16. The highest BCUT2D eigenvalue weighted by Crippen LogP contribution is 2.18. The number of pyridine rings is 1. The van der Waals surface area contributed by atoms with Crippen LogP contribution in [0.2, 0.25) is 0 Å². The first-order valence-electron chi connectivity index (χ1n) is 4.89. The molecule has 5 heteroatoms. The van der Waals surface area contributed by atoms with Gasteiger partial charge in [0.25, 0.3) is 0 Å². The molecule has 80 valence electrons. The smallest absolute Gasteiger partial charge is 0.220 e. The van der Waals surface area contributed by atoms with Gasteiger partial charge in [0, 0.05) is 25.2 Å². The number of carbonyl (C=O) groups excluding carboxylic acids is 1. The molecule has 0 aromatic carbocycles. The number of nitrogens with one attached hydrogen (secondary N) is 2. The summed E-state index contributed by atoms with van der Waals surface area (Å²) in [6.45, 7) is 0.724. The maximum atomic E-state index is 11.0. The van der Waals surface area contributed by atoms with Crippen LogP contribution in [0.15, 0.2) is 22.8 Å². The topological polar surface area (TPSA) is 54.0 Å². The third kappa shape index (κ3) is 2.68. The molecule has 0 saturated carbocycles. The molecule has 2 heterocycles. The van der Waals surface area contributed by atoms with Gasteiger partial charge in [-0.25, -0.2) is 4.98 Å². The lowest BCUT2D eigenvalue weighted by Gasteiger charge is -2.12. The largest absolute Gasteiger partial charge is 0.367 e. The van der Waals surface area contributed by atoms with Crippen LogP contribution in [-0.4, -0.2) is 23.5 Å². The first-order chi connectivity index (χ1) is 7.25. The van der Waals surface area contributed by atoms with E-state index in [-0.39, 0.29) is 11.9 Å². The fourth-order valence-electron chi connectivity index (χ4n) is 1.57. The molecule has 15 heavy (non-hydrogen) atoms. The molecule has 1 aromatic heterocycles. The predicted octanol–water partition coefficient (Wildman–Crippen LogP) is 1.53. The Kier molecular flexibility index (Phi) is 3.20. The van der Waals surface area contributed by atoms with E-state index in [0.29, 0.717) is 6.42 Å². The van der Waals surface area contributed by atoms with Crippen LogP contribution in [0.25, 0.3) is 0 Å². The highest BCUT2D eigenvalue weighted by atomic mass is 79.9. The molecular weight excluding hydrogens is 258 g/mol. The van der Waals surface area contributed by atoms with E-state index in [1.807, 2.05) is 12.1 Å². The lowest BCUT2D eigenvalue weighted by atomic mass is 10.2. The minimum absolute atomic E-state index is 0.141. The van der Waals surface area contributed by atoms with Gasteiger partial charge in [-0.1, -0.05) is 0 Å². The number of halogens is 1. The highest BCUT2D eigenvalue weighted by molar-refractivity contribution is 9.10. The summed E-state index contributed by atoms with van der Waals surface area (Å²) in [7, 11) is 0. The normalized spacial score (nSPS) is 20.1. The van der Waals surface area contributed by atoms with Crippen molar-refractivity contribution in [2.24, 2.45) is 0 Å². The number of anilines is 1. The van der Waals surface area contributed by atoms with E-state index in [0.717, 1.165) is 23.3 Å². The molecule has 0 aliphatic carbocycles. The standard InChI is InChI=1S/C10H12BrN3O/c11-8-2-1-5-12-10(8)13-6-7-3-4-9(15)14-7/h1-2,5,7H,3-4,6H2,(H,12,13)(H,14,15). The Balaban J connectivity index is 1.88. The van der Waals surface area contributed by atoms with E-state index in [1.165, 1.54) is 0 Å². The Morgan fingerprint density at radius 2 is 2.53 bits per heavy atom. The molecular formula is C10H12BrN3O. The van der Waals surface area contributed by atoms with E-state index in [2.05, 4.69) is 31.5 Å². The molecule has 1 atom stereocenters. The van der Waals surface area contributed by atoms with Gasteiger partial charge < -0.3 is 10.6 Å². The SMILES string of the molecule is O=C1CCC(CNc2ncccc2Br)N1. The summed E-state index contributed by atoms with van der Waals surface area (Å²) in [6, 6.07) is 4.03. The van der Waals surface area contributed by atoms with Gasteiger partial charge in [0.2, 0.25) is 5.91 Å². The fourth-order valence-corrected chi connectivity index (χ4v) is 1.96. The minimum atomic E-state index is 0.141. The van der Waals surface area contributed by atoms with E-state index >= 15 is 0 Å². The van der Waals surface area contributed by atoms with Gasteiger partial charge in [-0.15, -0.1) is 0 Å². The van der Waals surface area contributed by atoms with Crippen molar-refractivity contribution in [3.8, 4) is 0 Å². The molecule has 0 radical (unpaired) electrons. The number of aromatic nitrogens is 1. The third-order valence-electron chi connectivity index (χ3n) is 2.36. The maximum absolute atomic E-state index is 11.0. The van der Waals surface area contributed by atoms with E-state index in [9.17, 15) is 4.79 Å². The van der Waals surface area contributed by atoms with Crippen LogP contribution in [0.5, 0.6) is 0 Å². The fraction of sp³-hybridized carbons (Fsp3) is 0.400. The lowest BCUT2D eigenvalue weighted by Crippen LogP contribution is -2.32. The van der Waals surface area contributed by atoms with Gasteiger partial charge in [-0.05, 0) is 34.5 Å². The van der Waals surface area contributed by atoms with Crippen molar-refractivity contribution in [2.45, 2.75) is 18.9 Å². The Labute approximate surface area is 96.6 Å². The first-order valence-corrected chi connectivity index (χ1v) is 5.69. The average Bonchev–Trinajstić information content (AvgIpc) is 2.63. The summed E-state index contributed by atoms with van der Waals surface area (Å²) < 4.78 is 0.939. The molecule has 2 rings (SSSR count). The number of hydrogen-bond donors (Lipinski definition) is 2. The molecule has 1 fully saturated rings. The Morgan fingerprint density at radius 3 is 3.20 bits per heavy atom. The minimum Gasteiger partial charge on any atom is -0.367 e. The zero-order chi connectivity index (χ0) is 10.7. The number of amides is 1. The van der Waals surface area contributed by atoms with Crippen molar-refractivity contribution in [1.29, 1.82) is 0 Å². The second kappa shape index (κ2) is 4.61. The van der Waals surface area contributed by atoms with Crippen LogP contribution < -0.4 is 10.6 Å². The molecule has 1 amide bonds. The van der Waals surface area contributed by atoms with E-state index in [1.54, 1.807) is 6.20 Å². The first kappa shape index (κ1) is 10.4. The molecule has 4 nitrogen and oxygen atoms in total. The average molecular weight is 270 g/mol. The number of hydrogen-bond acceptors (Lipinski definition) is 3. The van der Waals surface area contributed by atoms with E-state index in [4.69, 9.17) is 0 Å². The third-order valence-corrected chi connectivity index (χ3v) is 3.00. The second-order valence-electron chi connectivity index (χ2n) is 3.52. The Hall–Kier alpha value is -1.10. The van der Waals surface area contributed by atoms with Gasteiger partial charge in [-0.2, -0.15) is 0 Å². The van der Waals surface area contributed by atoms with Gasteiger partial charge in [-0.3, -0.25) is 4.79 Å². The van der Waals surface area contributed by atoms with Gasteiger partial charge in [0.1, 0.15) is 5.82 Å². The molecule has 1 aliphatic heterocycles. The molecule has 2 N–H and O–H groups in total. The predicted molar refractivity (Wildman–Crippen MR) is 61.6 cm³/mol. The molecule has 1 aliphatic rings. The summed E-state index contributed by atoms with van der Waals surface area (Å²) in [5.74, 6) is 0.959. The summed E-state index contributed by atoms with van der Waals surface area (Å²) in [5.41, 5.74) is 0. The summed E-state index contributed by atoms with van der Waals surface area (Å²) in [4.78, 5) is 15.2. The van der Waals surface area contributed by atoms with E-state index < -0.39 is 0 Å². The number of carbonyl (C=O) groups is 1. The lowest BCUT2D eigenvalue weighted by molar-refractivity contribution is -0.119. The van der Waals surface area contributed by atoms with Gasteiger partial charge in [0.15, 0.2) is 0 Å². The van der Waals surface area contributed by atoms with Gasteiger partial charge in [0.05, 0.1) is 4.47 Å². The van der Waals surface area contributed by atoms with Crippen LogP contribution in [-0.2, 0) is 4.79 Å². The van der Waals surface area contributed by atoms with Crippen molar-refractivity contribution in [1.82, 2.24) is 10.3 Å². The van der Waals surface area contributed by atoms with Crippen LogP contribution in [0.3, 0.4) is 0 Å². The van der Waals surface area contributed by atoms with Crippen molar-refractivity contribution in [3.63, 3.8) is 0 Å². The van der Waals surface area contributed by atoms with Crippen molar-refractivity contribution in [2.75, 3.05) is 11.9 Å². The summed E-state index contributed by atoms with van der Waals surface area (Å²) in [6.07, 6.45) is 3.27. The second-order valence-corrected chi connectivity index (χ2v) is 4.37. The van der Waals surface area contributed by atoms with Crippen LogP contribution in [0.1, 0.15) is 12.8 Å². The Morgan fingerprint density at radius 1 is 1.67 bits per heavy atom. The maximum Gasteiger partial charge on any atom is 0.220 e. The monoisotopic (exact) mass is 269 g/mol. The molecule has 1 unspecified atom stereocenters. The van der Waals surface area contributed by atoms with Crippen LogP contribution in [0.4, 0.5) is 5.82 Å². The Bertz CT molecular complexity index is 369. The quantitative estimate of drug-likeness (QED) is 0.875. The molecule has 0 spiro atoms. The zero-order valence-corrected chi connectivity index (χ0v) is 9.75. The number of nitrogens with zero attached hydrogens (tertiary/aromatic N) is 1.